The summed E-state index contributed by atoms with van der Waals surface area (Å²) >= 11 is 0. The van der Waals surface area contributed by atoms with Crippen molar-refractivity contribution in [3.63, 3.8) is 0 Å². The monoisotopic (exact) mass is 274 g/mol. The van der Waals surface area contributed by atoms with E-state index in [-0.39, 0.29) is 5.56 Å². The van der Waals surface area contributed by atoms with E-state index in [2.05, 4.69) is 5.10 Å². The molecule has 0 amide bonds. The van der Waals surface area contributed by atoms with Gasteiger partial charge in [0, 0.05) is 24.4 Å². The minimum atomic E-state index is -4.59. The molecule has 0 aliphatic rings. The molecule has 0 bridgehead atoms. The largest absolute Gasteiger partial charge is 0.416 e. The number of aryl methyl sites for hydroxylation is 1. The van der Waals surface area contributed by atoms with Gasteiger partial charge in [-0.2, -0.15) is 18.3 Å². The molecule has 1 unspecified atom stereocenters. The molecule has 102 valence electrons. The number of rotatable bonds is 2. The highest BCUT2D eigenvalue weighted by molar-refractivity contribution is 5.33. The van der Waals surface area contributed by atoms with Crippen molar-refractivity contribution in [2.45, 2.75) is 12.3 Å². The summed E-state index contributed by atoms with van der Waals surface area (Å²) in [5, 5.41) is 13.7. The van der Waals surface area contributed by atoms with Crippen molar-refractivity contribution in [3.8, 4) is 0 Å². The van der Waals surface area contributed by atoms with Crippen molar-refractivity contribution in [1.29, 1.82) is 0 Å². The fraction of sp³-hybridized carbons (Fsp3) is 0.250. The Balaban J connectivity index is 2.44. The zero-order chi connectivity index (χ0) is 14.2. The van der Waals surface area contributed by atoms with E-state index in [1.54, 1.807) is 7.05 Å². The van der Waals surface area contributed by atoms with E-state index in [4.69, 9.17) is 0 Å². The predicted molar refractivity (Wildman–Crippen MR) is 58.7 cm³/mol. The van der Waals surface area contributed by atoms with Crippen molar-refractivity contribution in [2.24, 2.45) is 7.05 Å². The minimum Gasteiger partial charge on any atom is -0.383 e. The molecule has 1 N–H and O–H groups in total. The van der Waals surface area contributed by atoms with Crippen LogP contribution in [0.5, 0.6) is 0 Å². The van der Waals surface area contributed by atoms with Crippen LogP contribution in [-0.2, 0) is 13.2 Å². The first-order valence-corrected chi connectivity index (χ1v) is 5.32. The average molecular weight is 274 g/mol. The molecule has 1 heterocycles. The highest BCUT2D eigenvalue weighted by Gasteiger charge is 2.32. The van der Waals surface area contributed by atoms with Crippen LogP contribution in [0.25, 0.3) is 0 Å². The van der Waals surface area contributed by atoms with E-state index in [0.29, 0.717) is 18.2 Å². The van der Waals surface area contributed by atoms with Gasteiger partial charge < -0.3 is 5.11 Å². The zero-order valence-electron chi connectivity index (χ0n) is 9.82. The van der Waals surface area contributed by atoms with E-state index in [9.17, 15) is 22.7 Å². The maximum absolute atomic E-state index is 13.5. The van der Waals surface area contributed by atoms with Crippen LogP contribution in [0, 0.1) is 5.82 Å². The van der Waals surface area contributed by atoms with E-state index in [1.165, 1.54) is 17.1 Å². The van der Waals surface area contributed by atoms with Gasteiger partial charge >= 0.3 is 6.18 Å². The lowest BCUT2D eigenvalue weighted by Crippen LogP contribution is -2.09. The Morgan fingerprint density at radius 3 is 2.53 bits per heavy atom. The molecule has 1 aromatic heterocycles. The second kappa shape index (κ2) is 4.65. The molecule has 0 aliphatic heterocycles. The van der Waals surface area contributed by atoms with Crippen LogP contribution >= 0.6 is 0 Å². The van der Waals surface area contributed by atoms with E-state index < -0.39 is 29.2 Å². The third-order valence-corrected chi connectivity index (χ3v) is 2.66. The van der Waals surface area contributed by atoms with Gasteiger partial charge in [0.1, 0.15) is 11.9 Å². The molecule has 0 aliphatic carbocycles. The summed E-state index contributed by atoms with van der Waals surface area (Å²) in [5.41, 5.74) is -1.21. The van der Waals surface area contributed by atoms with Crippen LogP contribution in [0.15, 0.2) is 30.6 Å². The zero-order valence-corrected chi connectivity index (χ0v) is 9.82. The van der Waals surface area contributed by atoms with Gasteiger partial charge in [0.2, 0.25) is 0 Å². The third kappa shape index (κ3) is 2.76. The smallest absolute Gasteiger partial charge is 0.383 e. The molecule has 0 fully saturated rings. The third-order valence-electron chi connectivity index (χ3n) is 2.66. The molecule has 1 atom stereocenters. The Hall–Kier alpha value is -1.89. The standard InChI is InChI=1S/C12H10F4N2O/c1-18-6-7(5-17-18)11(19)9-4-8(12(14,15)16)2-3-10(9)13/h2-6,11,19H,1H3. The number of aliphatic hydroxyl groups excluding tert-OH is 1. The van der Waals surface area contributed by atoms with Gasteiger partial charge in [0.25, 0.3) is 0 Å². The van der Waals surface area contributed by atoms with Gasteiger partial charge in [-0.1, -0.05) is 0 Å². The number of benzene rings is 1. The van der Waals surface area contributed by atoms with Crippen LogP contribution in [-0.4, -0.2) is 14.9 Å². The quantitative estimate of drug-likeness (QED) is 0.855. The maximum Gasteiger partial charge on any atom is 0.416 e. The van der Waals surface area contributed by atoms with E-state index in [1.807, 2.05) is 0 Å². The van der Waals surface area contributed by atoms with E-state index >= 15 is 0 Å². The van der Waals surface area contributed by atoms with Crippen molar-refractivity contribution in [3.05, 3.63) is 53.1 Å². The predicted octanol–water partition coefficient (Wildman–Crippen LogP) is 2.66. The summed E-state index contributed by atoms with van der Waals surface area (Å²) in [5.74, 6) is -0.899. The molecule has 0 radical (unpaired) electrons. The fourth-order valence-electron chi connectivity index (χ4n) is 1.69. The molecule has 1 aromatic carbocycles. The van der Waals surface area contributed by atoms with Crippen molar-refractivity contribution in [2.75, 3.05) is 0 Å². The maximum atomic E-state index is 13.5. The Morgan fingerprint density at radius 2 is 2.00 bits per heavy atom. The number of alkyl halides is 3. The summed E-state index contributed by atoms with van der Waals surface area (Å²) in [6.07, 6.45) is -3.40. The molecule has 0 saturated heterocycles. The second-order valence-electron chi connectivity index (χ2n) is 4.08. The topological polar surface area (TPSA) is 38.0 Å². The first kappa shape index (κ1) is 13.5. The van der Waals surface area contributed by atoms with Crippen molar-refractivity contribution < 1.29 is 22.7 Å². The first-order valence-electron chi connectivity index (χ1n) is 5.32. The normalized spacial score (nSPS) is 13.6. The Bertz CT molecular complexity index is 592. The Kier molecular flexibility index (Phi) is 3.32. The second-order valence-corrected chi connectivity index (χ2v) is 4.08. The molecule has 0 spiro atoms. The number of aromatic nitrogens is 2. The van der Waals surface area contributed by atoms with Gasteiger partial charge in [0.15, 0.2) is 0 Å². The lowest BCUT2D eigenvalue weighted by Gasteiger charge is -2.13. The molecule has 2 aromatic rings. The fourth-order valence-corrected chi connectivity index (χ4v) is 1.69. The lowest BCUT2D eigenvalue weighted by molar-refractivity contribution is -0.137. The molecule has 3 nitrogen and oxygen atoms in total. The van der Waals surface area contributed by atoms with Crippen LogP contribution < -0.4 is 0 Å². The Labute approximate surface area is 106 Å². The summed E-state index contributed by atoms with van der Waals surface area (Å²) in [4.78, 5) is 0. The SMILES string of the molecule is Cn1cc(C(O)c2cc(C(F)(F)F)ccc2F)cn1. The van der Waals surface area contributed by atoms with Gasteiger partial charge in [-0.15, -0.1) is 0 Å². The van der Waals surface area contributed by atoms with Crippen LogP contribution in [0.1, 0.15) is 22.8 Å². The van der Waals surface area contributed by atoms with Gasteiger partial charge in [-0.3, -0.25) is 4.68 Å². The lowest BCUT2D eigenvalue weighted by atomic mass is 10.0. The first-order chi connectivity index (χ1) is 8.79. The van der Waals surface area contributed by atoms with Gasteiger partial charge in [0.05, 0.1) is 11.8 Å². The number of nitrogens with zero attached hydrogens (tertiary/aromatic N) is 2. The molecule has 19 heavy (non-hydrogen) atoms. The van der Waals surface area contributed by atoms with Crippen LogP contribution in [0.4, 0.5) is 17.6 Å². The van der Waals surface area contributed by atoms with Crippen molar-refractivity contribution >= 4 is 0 Å². The number of hydrogen-bond donors (Lipinski definition) is 1. The highest BCUT2D eigenvalue weighted by Crippen LogP contribution is 2.33. The Morgan fingerprint density at radius 1 is 1.32 bits per heavy atom. The van der Waals surface area contributed by atoms with E-state index in [0.717, 1.165) is 0 Å². The number of halogens is 4. The van der Waals surface area contributed by atoms with Gasteiger partial charge in [-0.05, 0) is 18.2 Å². The van der Waals surface area contributed by atoms with Crippen LogP contribution in [0.2, 0.25) is 0 Å². The highest BCUT2D eigenvalue weighted by atomic mass is 19.4. The average Bonchev–Trinajstić information content (AvgIpc) is 2.74. The summed E-state index contributed by atoms with van der Waals surface area (Å²) < 4.78 is 52.6. The molecule has 2 rings (SSSR count). The summed E-state index contributed by atoms with van der Waals surface area (Å²) in [7, 11) is 1.58. The number of aliphatic hydroxyl groups is 1. The van der Waals surface area contributed by atoms with Gasteiger partial charge in [-0.25, -0.2) is 4.39 Å². The summed E-state index contributed by atoms with van der Waals surface area (Å²) in [6, 6.07) is 1.93. The van der Waals surface area contributed by atoms with Crippen LogP contribution in [0.3, 0.4) is 0 Å². The van der Waals surface area contributed by atoms with Crippen molar-refractivity contribution in [1.82, 2.24) is 9.78 Å². The molecule has 7 heteroatoms. The molecular formula is C12H10F4N2O. The molecular weight excluding hydrogens is 264 g/mol. The molecule has 0 saturated carbocycles. The number of hydrogen-bond acceptors (Lipinski definition) is 2. The summed E-state index contributed by atoms with van der Waals surface area (Å²) in [6.45, 7) is 0. The minimum absolute atomic E-state index is 0.223.